The summed E-state index contributed by atoms with van der Waals surface area (Å²) in [7, 11) is 0. The van der Waals surface area contributed by atoms with Crippen LogP contribution in [0.5, 0.6) is 0 Å². The molecule has 0 aromatic carbocycles. The lowest BCUT2D eigenvalue weighted by molar-refractivity contribution is 0.324. The normalized spacial score (nSPS) is 15.3. The lowest BCUT2D eigenvalue weighted by Crippen LogP contribution is -2.25. The lowest BCUT2D eigenvalue weighted by Gasteiger charge is -2.17. The molecule has 0 N–H and O–H groups in total. The third kappa shape index (κ3) is 4.11. The predicted octanol–water partition coefficient (Wildman–Crippen LogP) is 3.44. The number of rotatable bonds is 7. The first-order chi connectivity index (χ1) is 8.72. The van der Waals surface area contributed by atoms with E-state index in [0.29, 0.717) is 11.1 Å². The molecule has 1 saturated carbocycles. The van der Waals surface area contributed by atoms with Gasteiger partial charge in [0.1, 0.15) is 16.0 Å². The van der Waals surface area contributed by atoms with E-state index < -0.39 is 0 Å². The molecule has 0 amide bonds. The fraction of sp³-hybridized carbons (Fsp3) is 0.692. The largest absolute Gasteiger partial charge is 0.303 e. The van der Waals surface area contributed by atoms with Gasteiger partial charge in [0, 0.05) is 24.3 Å². The van der Waals surface area contributed by atoms with Crippen LogP contribution in [0.1, 0.15) is 38.4 Å². The number of hydrogen-bond donors (Lipinski definition) is 0. The van der Waals surface area contributed by atoms with Gasteiger partial charge >= 0.3 is 0 Å². The molecule has 1 fully saturated rings. The Bertz CT molecular complexity index is 392. The minimum Gasteiger partial charge on any atom is -0.303 e. The van der Waals surface area contributed by atoms with Crippen LogP contribution >= 0.6 is 23.4 Å². The van der Waals surface area contributed by atoms with Gasteiger partial charge in [-0.1, -0.05) is 25.4 Å². The predicted molar refractivity (Wildman–Crippen MR) is 77.5 cm³/mol. The van der Waals surface area contributed by atoms with Crippen molar-refractivity contribution in [2.24, 2.45) is 0 Å². The molecule has 0 bridgehead atoms. The fourth-order valence-corrected chi connectivity index (χ4v) is 3.00. The number of nitrogens with zero attached hydrogens (tertiary/aromatic N) is 3. The van der Waals surface area contributed by atoms with E-state index in [2.05, 4.69) is 28.7 Å². The van der Waals surface area contributed by atoms with Crippen LogP contribution in [0.2, 0.25) is 5.15 Å². The van der Waals surface area contributed by atoms with Crippen LogP contribution in [0.25, 0.3) is 0 Å². The molecule has 2 rings (SSSR count). The molecular formula is C13H20ClN3S. The van der Waals surface area contributed by atoms with Crippen molar-refractivity contribution in [3.63, 3.8) is 0 Å². The van der Waals surface area contributed by atoms with E-state index in [4.69, 9.17) is 11.6 Å². The molecule has 1 aliphatic carbocycles. The van der Waals surface area contributed by atoms with Crippen LogP contribution in [-0.2, 0) is 0 Å². The van der Waals surface area contributed by atoms with Gasteiger partial charge in [0.15, 0.2) is 0 Å². The Morgan fingerprint density at radius 2 is 2.06 bits per heavy atom. The molecule has 1 aromatic heterocycles. The second-order valence-electron chi connectivity index (χ2n) is 4.54. The molecule has 0 atom stereocenters. The summed E-state index contributed by atoms with van der Waals surface area (Å²) in [6.07, 6.45) is 2.42. The van der Waals surface area contributed by atoms with Crippen molar-refractivity contribution in [2.45, 2.75) is 37.6 Å². The lowest BCUT2D eigenvalue weighted by atomic mass is 10.4. The van der Waals surface area contributed by atoms with Crippen molar-refractivity contribution in [1.82, 2.24) is 14.9 Å². The Hall–Kier alpha value is -0.320. The van der Waals surface area contributed by atoms with Crippen LogP contribution in [-0.4, -0.2) is 40.3 Å². The summed E-state index contributed by atoms with van der Waals surface area (Å²) in [5.41, 5.74) is 0. The Labute approximate surface area is 118 Å². The zero-order chi connectivity index (χ0) is 13.0. The number of thioether (sulfide) groups is 1. The summed E-state index contributed by atoms with van der Waals surface area (Å²) >= 11 is 7.82. The summed E-state index contributed by atoms with van der Waals surface area (Å²) in [4.78, 5) is 11.3. The van der Waals surface area contributed by atoms with E-state index in [1.807, 2.05) is 6.07 Å². The Morgan fingerprint density at radius 1 is 1.33 bits per heavy atom. The Morgan fingerprint density at radius 3 is 2.67 bits per heavy atom. The van der Waals surface area contributed by atoms with E-state index >= 15 is 0 Å². The SMILES string of the molecule is CCN(CC)CCSc1cc(Cl)nc(C2CC2)n1. The molecule has 1 aliphatic rings. The molecule has 18 heavy (non-hydrogen) atoms. The van der Waals surface area contributed by atoms with E-state index in [1.165, 1.54) is 12.8 Å². The highest BCUT2D eigenvalue weighted by atomic mass is 35.5. The maximum atomic E-state index is 6.04. The van der Waals surface area contributed by atoms with Crippen molar-refractivity contribution in [2.75, 3.05) is 25.4 Å². The summed E-state index contributed by atoms with van der Waals surface area (Å²) in [5, 5.41) is 1.60. The minimum absolute atomic E-state index is 0.561. The zero-order valence-electron chi connectivity index (χ0n) is 11.0. The van der Waals surface area contributed by atoms with Gasteiger partial charge in [-0.15, -0.1) is 11.8 Å². The van der Waals surface area contributed by atoms with Gasteiger partial charge in [-0.05, 0) is 25.9 Å². The van der Waals surface area contributed by atoms with Crippen molar-refractivity contribution in [3.05, 3.63) is 17.0 Å². The first-order valence-electron chi connectivity index (χ1n) is 6.62. The van der Waals surface area contributed by atoms with Crippen LogP contribution < -0.4 is 0 Å². The average molecular weight is 286 g/mol. The van der Waals surface area contributed by atoms with Crippen LogP contribution in [0.3, 0.4) is 0 Å². The summed E-state index contributed by atoms with van der Waals surface area (Å²) in [5.74, 6) is 2.55. The number of halogens is 1. The van der Waals surface area contributed by atoms with Crippen molar-refractivity contribution in [3.8, 4) is 0 Å². The molecule has 0 aliphatic heterocycles. The topological polar surface area (TPSA) is 29.0 Å². The van der Waals surface area contributed by atoms with Gasteiger partial charge in [-0.3, -0.25) is 0 Å². The van der Waals surface area contributed by atoms with Gasteiger partial charge in [0.05, 0.1) is 0 Å². The maximum absolute atomic E-state index is 6.04. The quantitative estimate of drug-likeness (QED) is 0.567. The number of aromatic nitrogens is 2. The second-order valence-corrected chi connectivity index (χ2v) is 6.04. The third-order valence-corrected chi connectivity index (χ3v) is 4.27. The summed E-state index contributed by atoms with van der Waals surface area (Å²) in [6.45, 7) is 7.70. The highest BCUT2D eigenvalue weighted by molar-refractivity contribution is 7.99. The van der Waals surface area contributed by atoms with Crippen molar-refractivity contribution >= 4 is 23.4 Å². The first-order valence-corrected chi connectivity index (χ1v) is 7.99. The Balaban J connectivity index is 1.88. The third-order valence-electron chi connectivity index (χ3n) is 3.18. The Kier molecular flexibility index (Phi) is 5.27. The molecule has 0 radical (unpaired) electrons. The zero-order valence-corrected chi connectivity index (χ0v) is 12.6. The van der Waals surface area contributed by atoms with E-state index in [1.54, 1.807) is 11.8 Å². The first kappa shape index (κ1) is 14.1. The fourth-order valence-electron chi connectivity index (χ4n) is 1.83. The van der Waals surface area contributed by atoms with Crippen molar-refractivity contribution in [1.29, 1.82) is 0 Å². The van der Waals surface area contributed by atoms with E-state index in [-0.39, 0.29) is 0 Å². The van der Waals surface area contributed by atoms with Crippen LogP contribution in [0.4, 0.5) is 0 Å². The van der Waals surface area contributed by atoms with Crippen LogP contribution in [0, 0.1) is 0 Å². The van der Waals surface area contributed by atoms with Crippen molar-refractivity contribution < 1.29 is 0 Å². The molecule has 100 valence electrons. The molecule has 3 nitrogen and oxygen atoms in total. The average Bonchev–Trinajstić information content (AvgIpc) is 3.18. The minimum atomic E-state index is 0.561. The molecular weight excluding hydrogens is 266 g/mol. The van der Waals surface area contributed by atoms with Gasteiger partial charge in [0.25, 0.3) is 0 Å². The molecule has 5 heteroatoms. The van der Waals surface area contributed by atoms with Gasteiger partial charge in [-0.25, -0.2) is 9.97 Å². The summed E-state index contributed by atoms with van der Waals surface area (Å²) < 4.78 is 0. The monoisotopic (exact) mass is 285 g/mol. The second kappa shape index (κ2) is 6.73. The van der Waals surface area contributed by atoms with Gasteiger partial charge in [-0.2, -0.15) is 0 Å². The molecule has 0 spiro atoms. The number of hydrogen-bond acceptors (Lipinski definition) is 4. The molecule has 0 saturated heterocycles. The van der Waals surface area contributed by atoms with E-state index in [0.717, 1.165) is 36.2 Å². The molecule has 1 aromatic rings. The highest BCUT2D eigenvalue weighted by Crippen LogP contribution is 2.39. The van der Waals surface area contributed by atoms with Crippen LogP contribution in [0.15, 0.2) is 11.1 Å². The molecule has 0 unspecified atom stereocenters. The summed E-state index contributed by atoms with van der Waals surface area (Å²) in [6, 6.07) is 1.88. The van der Waals surface area contributed by atoms with Gasteiger partial charge < -0.3 is 4.90 Å². The molecule has 1 heterocycles. The maximum Gasteiger partial charge on any atom is 0.134 e. The smallest absolute Gasteiger partial charge is 0.134 e. The standard InChI is InChI=1S/C13H20ClN3S/c1-3-17(4-2)7-8-18-12-9-11(14)15-13(16-12)10-5-6-10/h9-10H,3-8H2,1-2H3. The highest BCUT2D eigenvalue weighted by Gasteiger charge is 2.27. The van der Waals surface area contributed by atoms with E-state index in [9.17, 15) is 0 Å². The van der Waals surface area contributed by atoms with Gasteiger partial charge in [0.2, 0.25) is 0 Å².